The lowest BCUT2D eigenvalue weighted by molar-refractivity contribution is 0.174. The van der Waals surface area contributed by atoms with Gasteiger partial charge in [0, 0.05) is 16.3 Å². The smallest absolute Gasteiger partial charge is 0.238 e. The van der Waals surface area contributed by atoms with Gasteiger partial charge in [0.2, 0.25) is 12.7 Å². The number of hydrogen-bond donors (Lipinski definition) is 0. The van der Waals surface area contributed by atoms with Gasteiger partial charge in [0.25, 0.3) is 0 Å². The third-order valence-corrected chi connectivity index (χ3v) is 5.01. The summed E-state index contributed by atoms with van der Waals surface area (Å²) in [7, 11) is 0. The van der Waals surface area contributed by atoms with Crippen LogP contribution in [0.15, 0.2) is 71.6 Å². The van der Waals surface area contributed by atoms with E-state index in [1.54, 1.807) is 42.6 Å². The van der Waals surface area contributed by atoms with Crippen molar-refractivity contribution in [1.82, 2.24) is 0 Å². The highest BCUT2D eigenvalue weighted by Crippen LogP contribution is 2.43. The first-order valence-corrected chi connectivity index (χ1v) is 9.31. The van der Waals surface area contributed by atoms with Crippen LogP contribution in [0.1, 0.15) is 11.1 Å². The zero-order valence-corrected chi connectivity index (χ0v) is 16.3. The van der Waals surface area contributed by atoms with Crippen molar-refractivity contribution >= 4 is 28.0 Å². The zero-order chi connectivity index (χ0) is 19.8. The van der Waals surface area contributed by atoms with Crippen molar-refractivity contribution in [1.29, 1.82) is 5.26 Å². The molecule has 1 aromatic carbocycles. The van der Waals surface area contributed by atoms with Gasteiger partial charge in [-0.15, -0.1) is 0 Å². The van der Waals surface area contributed by atoms with Crippen LogP contribution in [0.3, 0.4) is 0 Å². The molecule has 0 unspecified atom stereocenters. The molecule has 5 rings (SSSR count). The normalized spacial score (nSPS) is 12.6. The largest absolute Gasteiger partial charge is 0.464 e. The predicted octanol–water partition coefficient (Wildman–Crippen LogP) is 5.91. The van der Waals surface area contributed by atoms with Gasteiger partial charge >= 0.3 is 0 Å². The lowest BCUT2D eigenvalue weighted by Crippen LogP contribution is -1.92. The molecule has 0 fully saturated rings. The van der Waals surface area contributed by atoms with Crippen molar-refractivity contribution in [3.05, 3.63) is 64.5 Å². The van der Waals surface area contributed by atoms with Gasteiger partial charge in [-0.3, -0.25) is 0 Å². The van der Waals surface area contributed by atoms with Crippen LogP contribution >= 0.6 is 15.9 Å². The Kier molecular flexibility index (Phi) is 4.22. The third-order valence-electron chi connectivity index (χ3n) is 4.33. The van der Waals surface area contributed by atoms with Crippen LogP contribution in [0, 0.1) is 11.3 Å². The minimum absolute atomic E-state index is 0.148. The fourth-order valence-electron chi connectivity index (χ4n) is 3.01. The van der Waals surface area contributed by atoms with E-state index in [-0.39, 0.29) is 18.2 Å². The number of nitrogens with zero attached hydrogens (tertiary/aromatic N) is 2. The molecule has 0 saturated heterocycles. The summed E-state index contributed by atoms with van der Waals surface area (Å²) >= 11 is 3.49. The van der Waals surface area contributed by atoms with Crippen LogP contribution < -0.4 is 9.47 Å². The number of aliphatic imine (C=N–C) groups is 1. The molecule has 8 heteroatoms. The molecular formula is C21H11BrN2O5. The first kappa shape index (κ1) is 17.4. The predicted molar refractivity (Wildman–Crippen MR) is 106 cm³/mol. The molecule has 0 saturated carbocycles. The van der Waals surface area contributed by atoms with Crippen LogP contribution in [0.25, 0.3) is 22.8 Å². The SMILES string of the molecule is N#Cc1c(N=Cc2cc3c(cc2Br)OCO3)oc(-c2ccco2)c1-c1ccco1. The van der Waals surface area contributed by atoms with Crippen LogP contribution in [-0.2, 0) is 0 Å². The Bertz CT molecular complexity index is 1250. The molecule has 1 aliphatic rings. The highest BCUT2D eigenvalue weighted by Gasteiger charge is 2.26. The minimum atomic E-state index is 0.148. The highest BCUT2D eigenvalue weighted by molar-refractivity contribution is 9.10. The lowest BCUT2D eigenvalue weighted by atomic mass is 10.1. The highest BCUT2D eigenvalue weighted by atomic mass is 79.9. The molecule has 0 N–H and O–H groups in total. The Labute approximate surface area is 172 Å². The molecule has 0 aliphatic carbocycles. The average Bonchev–Trinajstić information content (AvgIpc) is 3.52. The molecule has 0 bridgehead atoms. The Morgan fingerprint density at radius 2 is 1.76 bits per heavy atom. The molecule has 142 valence electrons. The fraction of sp³-hybridized carbons (Fsp3) is 0.0476. The van der Waals surface area contributed by atoms with Gasteiger partial charge in [-0.1, -0.05) is 0 Å². The summed E-state index contributed by atoms with van der Waals surface area (Å²) in [5.41, 5.74) is 1.48. The van der Waals surface area contributed by atoms with E-state index in [0.717, 1.165) is 10.0 Å². The van der Waals surface area contributed by atoms with Crippen LogP contribution in [0.4, 0.5) is 5.88 Å². The van der Waals surface area contributed by atoms with E-state index in [1.165, 1.54) is 12.5 Å². The molecule has 29 heavy (non-hydrogen) atoms. The van der Waals surface area contributed by atoms with Crippen molar-refractivity contribution in [2.75, 3.05) is 6.79 Å². The Morgan fingerprint density at radius 3 is 2.45 bits per heavy atom. The molecule has 0 spiro atoms. The number of halogens is 1. The summed E-state index contributed by atoms with van der Waals surface area (Å²) in [5.74, 6) is 2.77. The summed E-state index contributed by atoms with van der Waals surface area (Å²) in [6.07, 6.45) is 4.65. The van der Waals surface area contributed by atoms with E-state index < -0.39 is 0 Å². The van der Waals surface area contributed by atoms with E-state index in [4.69, 9.17) is 22.7 Å². The van der Waals surface area contributed by atoms with Gasteiger partial charge < -0.3 is 22.7 Å². The van der Waals surface area contributed by atoms with E-state index in [0.29, 0.717) is 34.3 Å². The third kappa shape index (κ3) is 3.02. The van der Waals surface area contributed by atoms with Crippen molar-refractivity contribution in [3.8, 4) is 40.4 Å². The molecule has 0 radical (unpaired) electrons. The number of rotatable bonds is 4. The second-order valence-corrected chi connectivity index (χ2v) is 6.89. The maximum Gasteiger partial charge on any atom is 0.238 e. The fourth-order valence-corrected chi connectivity index (χ4v) is 3.44. The van der Waals surface area contributed by atoms with Crippen LogP contribution in [0.2, 0.25) is 0 Å². The van der Waals surface area contributed by atoms with Gasteiger partial charge in [0.05, 0.1) is 18.1 Å². The van der Waals surface area contributed by atoms with Crippen molar-refractivity contribution in [2.45, 2.75) is 0 Å². The number of benzene rings is 1. The zero-order valence-electron chi connectivity index (χ0n) is 14.7. The molecule has 4 heterocycles. The monoisotopic (exact) mass is 450 g/mol. The first-order valence-electron chi connectivity index (χ1n) is 8.52. The Morgan fingerprint density at radius 1 is 1.03 bits per heavy atom. The standard InChI is InChI=1S/C21H11BrN2O5/c22-14-8-18-17(27-11-28-18)7-12(14)10-24-21-13(9-23)19(15-3-1-5-25-15)20(29-21)16-4-2-6-26-16/h1-8,10H,11H2. The van der Waals surface area contributed by atoms with Gasteiger partial charge in [-0.2, -0.15) is 5.26 Å². The topological polar surface area (TPSA) is 94.0 Å². The molecule has 0 amide bonds. The number of ether oxygens (including phenoxy) is 2. The van der Waals surface area contributed by atoms with Gasteiger partial charge in [0.1, 0.15) is 17.4 Å². The summed E-state index contributed by atoms with van der Waals surface area (Å²) in [5, 5.41) is 9.79. The van der Waals surface area contributed by atoms with Crippen LogP contribution in [0.5, 0.6) is 11.5 Å². The lowest BCUT2D eigenvalue weighted by Gasteiger charge is -2.01. The Hall–Kier alpha value is -3.70. The first-order chi connectivity index (χ1) is 14.2. The summed E-state index contributed by atoms with van der Waals surface area (Å²) in [6.45, 7) is 0.179. The van der Waals surface area contributed by atoms with E-state index in [9.17, 15) is 5.26 Å². The number of fused-ring (bicyclic) bond motifs is 1. The number of hydrogen-bond acceptors (Lipinski definition) is 7. The summed E-state index contributed by atoms with van der Waals surface area (Å²) in [4.78, 5) is 4.41. The second kappa shape index (κ2) is 7.04. The van der Waals surface area contributed by atoms with Gasteiger partial charge in [-0.05, 0) is 52.3 Å². The van der Waals surface area contributed by atoms with E-state index in [2.05, 4.69) is 27.0 Å². The van der Waals surface area contributed by atoms with Crippen molar-refractivity contribution < 1.29 is 22.7 Å². The van der Waals surface area contributed by atoms with Gasteiger partial charge in [-0.25, -0.2) is 4.99 Å². The quantitative estimate of drug-likeness (QED) is 0.358. The molecule has 7 nitrogen and oxygen atoms in total. The maximum atomic E-state index is 9.79. The van der Waals surface area contributed by atoms with Crippen LogP contribution in [-0.4, -0.2) is 13.0 Å². The molecule has 1 aliphatic heterocycles. The maximum absolute atomic E-state index is 9.79. The molecule has 0 atom stereocenters. The number of furan rings is 3. The van der Waals surface area contributed by atoms with E-state index >= 15 is 0 Å². The van der Waals surface area contributed by atoms with Crippen molar-refractivity contribution in [2.24, 2.45) is 4.99 Å². The summed E-state index contributed by atoms with van der Waals surface area (Å²) in [6, 6.07) is 12.7. The second-order valence-electron chi connectivity index (χ2n) is 6.04. The molecule has 3 aromatic heterocycles. The Balaban J connectivity index is 1.62. The van der Waals surface area contributed by atoms with E-state index in [1.807, 2.05) is 0 Å². The summed E-state index contributed by atoms with van der Waals surface area (Å²) < 4.78 is 28.4. The molecular weight excluding hydrogens is 440 g/mol. The van der Waals surface area contributed by atoms with Gasteiger partial charge in [0.15, 0.2) is 23.0 Å². The average molecular weight is 451 g/mol. The minimum Gasteiger partial charge on any atom is -0.464 e. The number of nitriles is 1. The molecule has 4 aromatic rings. The van der Waals surface area contributed by atoms with Crippen molar-refractivity contribution in [3.63, 3.8) is 0 Å².